The third kappa shape index (κ3) is 6.31. The molecule has 2 N–H and O–H groups in total. The fraction of sp³-hybridized carbons (Fsp3) is 0.276. The third-order valence-corrected chi connectivity index (χ3v) is 8.19. The van der Waals surface area contributed by atoms with Crippen molar-refractivity contribution in [3.63, 3.8) is 0 Å². The van der Waals surface area contributed by atoms with Gasteiger partial charge in [0.1, 0.15) is 33.9 Å². The number of hydrogen-bond acceptors (Lipinski definition) is 6. The number of nitrogens with one attached hydrogen (secondary N) is 2. The Labute approximate surface area is 240 Å². The number of halogens is 3. The molecule has 42 heavy (non-hydrogen) atoms. The lowest BCUT2D eigenvalue weighted by atomic mass is 10.0. The molecular formula is C29H28F3N5O4S. The summed E-state index contributed by atoms with van der Waals surface area (Å²) in [6.45, 7) is 4.65. The van der Waals surface area contributed by atoms with E-state index in [2.05, 4.69) is 10.3 Å². The molecular weight excluding hydrogens is 571 g/mol. The summed E-state index contributed by atoms with van der Waals surface area (Å²) in [5.41, 5.74) is 1.58. The van der Waals surface area contributed by atoms with E-state index in [9.17, 15) is 26.4 Å². The van der Waals surface area contributed by atoms with E-state index in [1.54, 1.807) is 36.9 Å². The van der Waals surface area contributed by atoms with Gasteiger partial charge in [0.25, 0.3) is 10.0 Å². The van der Waals surface area contributed by atoms with Crippen LogP contribution in [0.5, 0.6) is 0 Å². The molecule has 3 heterocycles. The number of sulfonamides is 1. The van der Waals surface area contributed by atoms with E-state index in [0.29, 0.717) is 53.5 Å². The van der Waals surface area contributed by atoms with E-state index in [1.807, 2.05) is 10.9 Å². The molecule has 0 spiro atoms. The predicted octanol–water partition coefficient (Wildman–Crippen LogP) is 5.78. The number of rotatable bonds is 8. The van der Waals surface area contributed by atoms with Crippen molar-refractivity contribution in [1.29, 1.82) is 0 Å². The average Bonchev–Trinajstić information content (AvgIpc) is 3.41. The first-order chi connectivity index (χ1) is 20.0. The number of carbonyl (C=O) groups excluding carboxylic acids is 1. The van der Waals surface area contributed by atoms with Crippen LogP contribution < -0.4 is 10.0 Å². The van der Waals surface area contributed by atoms with Crippen LogP contribution in [0.25, 0.3) is 22.4 Å². The topological polar surface area (TPSA) is 115 Å². The van der Waals surface area contributed by atoms with Crippen molar-refractivity contribution in [3.05, 3.63) is 78.4 Å². The molecule has 0 aliphatic carbocycles. The summed E-state index contributed by atoms with van der Waals surface area (Å²) in [4.78, 5) is 15.6. The monoisotopic (exact) mass is 599 g/mol. The highest BCUT2D eigenvalue weighted by Gasteiger charge is 2.24. The smallest absolute Gasteiger partial charge is 0.265 e. The van der Waals surface area contributed by atoms with Crippen LogP contribution in [0.3, 0.4) is 0 Å². The summed E-state index contributed by atoms with van der Waals surface area (Å²) in [6.07, 6.45) is 4.82. The molecule has 2 aromatic heterocycles. The number of anilines is 2. The van der Waals surface area contributed by atoms with Gasteiger partial charge in [-0.05, 0) is 66.9 Å². The maximum absolute atomic E-state index is 14.9. The van der Waals surface area contributed by atoms with Gasteiger partial charge in [-0.15, -0.1) is 0 Å². The summed E-state index contributed by atoms with van der Waals surface area (Å²) in [5.74, 6) is -3.20. The summed E-state index contributed by atoms with van der Waals surface area (Å²) < 4.78 is 77.9. The van der Waals surface area contributed by atoms with Crippen LogP contribution in [-0.4, -0.2) is 42.3 Å². The van der Waals surface area contributed by atoms with E-state index < -0.39 is 38.1 Å². The number of aromatic nitrogens is 3. The van der Waals surface area contributed by atoms with Crippen LogP contribution in [0.4, 0.5) is 24.7 Å². The van der Waals surface area contributed by atoms with Crippen LogP contribution in [0.1, 0.15) is 32.7 Å². The minimum Gasteiger partial charge on any atom is -0.381 e. The van der Waals surface area contributed by atoms with Gasteiger partial charge in [-0.3, -0.25) is 14.2 Å². The van der Waals surface area contributed by atoms with Gasteiger partial charge >= 0.3 is 0 Å². The van der Waals surface area contributed by atoms with Crippen LogP contribution in [0, 0.1) is 23.4 Å². The van der Waals surface area contributed by atoms with Crippen molar-refractivity contribution < 1.29 is 31.1 Å². The number of ether oxygens (including phenoxy) is 1. The molecule has 0 unspecified atom stereocenters. The minimum absolute atomic E-state index is 0.0302. The molecule has 4 aromatic rings. The molecule has 9 nitrogen and oxygen atoms in total. The van der Waals surface area contributed by atoms with E-state index in [1.165, 1.54) is 12.1 Å². The Morgan fingerprint density at radius 3 is 2.48 bits per heavy atom. The van der Waals surface area contributed by atoms with Crippen LogP contribution in [0.2, 0.25) is 0 Å². The standard InChI is InChI=1S/C29H28F3N5O4S/c1-17(2)29(38)34-27-14-18(7-10-33-27)22-16-37(21-8-11-41-12-9-21)35-28(22)19-3-5-23(31)25(13-19)36-42(39,40)26-15-20(30)4-6-24(26)32/h3-7,10,13-17,21,36H,8-9,11-12H2,1-2H3,(H,33,34,38). The number of pyridine rings is 1. The summed E-state index contributed by atoms with van der Waals surface area (Å²) in [5, 5.41) is 7.56. The van der Waals surface area contributed by atoms with E-state index in [4.69, 9.17) is 9.84 Å². The van der Waals surface area contributed by atoms with Gasteiger partial charge in [-0.25, -0.2) is 26.6 Å². The maximum atomic E-state index is 14.9. The second-order valence-corrected chi connectivity index (χ2v) is 11.8. The molecule has 220 valence electrons. The van der Waals surface area contributed by atoms with Crippen molar-refractivity contribution in [2.45, 2.75) is 37.6 Å². The lowest BCUT2D eigenvalue weighted by Gasteiger charge is -2.22. The van der Waals surface area contributed by atoms with E-state index >= 15 is 0 Å². The highest BCUT2D eigenvalue weighted by atomic mass is 32.2. The Balaban J connectivity index is 1.57. The summed E-state index contributed by atoms with van der Waals surface area (Å²) in [7, 11) is -4.68. The first kappa shape index (κ1) is 29.3. The summed E-state index contributed by atoms with van der Waals surface area (Å²) >= 11 is 0. The summed E-state index contributed by atoms with van der Waals surface area (Å²) in [6, 6.07) is 9.19. The Kier molecular flexibility index (Phi) is 8.32. The first-order valence-electron chi connectivity index (χ1n) is 13.2. The molecule has 0 atom stereocenters. The maximum Gasteiger partial charge on any atom is 0.265 e. The van der Waals surface area contributed by atoms with Gasteiger partial charge in [0, 0.05) is 42.7 Å². The van der Waals surface area contributed by atoms with Gasteiger partial charge in [0.15, 0.2) is 0 Å². The average molecular weight is 600 g/mol. The molecule has 5 rings (SSSR count). The Morgan fingerprint density at radius 1 is 1.00 bits per heavy atom. The lowest BCUT2D eigenvalue weighted by molar-refractivity contribution is -0.118. The van der Waals surface area contributed by atoms with Crippen molar-refractivity contribution in [3.8, 4) is 22.4 Å². The van der Waals surface area contributed by atoms with Gasteiger partial charge in [0.2, 0.25) is 5.91 Å². The molecule has 1 saturated heterocycles. The zero-order valence-electron chi connectivity index (χ0n) is 22.8. The third-order valence-electron chi connectivity index (χ3n) is 6.81. The number of nitrogens with zero attached hydrogens (tertiary/aromatic N) is 3. The molecule has 0 bridgehead atoms. The molecule has 1 amide bonds. The van der Waals surface area contributed by atoms with Crippen LogP contribution >= 0.6 is 0 Å². The van der Waals surface area contributed by atoms with Crippen molar-refractivity contribution in [2.75, 3.05) is 23.3 Å². The second-order valence-electron chi connectivity index (χ2n) is 10.2. The fourth-order valence-electron chi connectivity index (χ4n) is 4.52. The largest absolute Gasteiger partial charge is 0.381 e. The molecule has 1 aliphatic heterocycles. The quantitative estimate of drug-likeness (QED) is 0.266. The molecule has 0 saturated carbocycles. The first-order valence-corrected chi connectivity index (χ1v) is 14.7. The highest BCUT2D eigenvalue weighted by Crippen LogP contribution is 2.36. The van der Waals surface area contributed by atoms with Crippen molar-refractivity contribution in [1.82, 2.24) is 14.8 Å². The van der Waals surface area contributed by atoms with Gasteiger partial charge in [-0.2, -0.15) is 5.10 Å². The van der Waals surface area contributed by atoms with Gasteiger partial charge in [0.05, 0.1) is 11.7 Å². The molecule has 13 heteroatoms. The molecule has 0 radical (unpaired) electrons. The predicted molar refractivity (Wildman–Crippen MR) is 151 cm³/mol. The van der Waals surface area contributed by atoms with Crippen LogP contribution in [-0.2, 0) is 19.6 Å². The zero-order valence-corrected chi connectivity index (χ0v) is 23.6. The van der Waals surface area contributed by atoms with Crippen molar-refractivity contribution >= 4 is 27.4 Å². The van der Waals surface area contributed by atoms with Crippen molar-refractivity contribution in [2.24, 2.45) is 5.92 Å². The SMILES string of the molecule is CC(C)C(=O)Nc1cc(-c2cn(C3CCOCC3)nc2-c2ccc(F)c(NS(=O)(=O)c3cc(F)ccc3F)c2)ccn1. The zero-order chi connectivity index (χ0) is 30.0. The molecule has 1 fully saturated rings. The van der Waals surface area contributed by atoms with Gasteiger partial charge in [-0.1, -0.05) is 13.8 Å². The van der Waals surface area contributed by atoms with Crippen LogP contribution in [0.15, 0.2) is 65.8 Å². The Morgan fingerprint density at radius 2 is 1.74 bits per heavy atom. The normalized spacial score (nSPS) is 14.2. The number of carbonyl (C=O) groups is 1. The van der Waals surface area contributed by atoms with E-state index in [-0.39, 0.29) is 17.9 Å². The second kappa shape index (κ2) is 11.9. The van der Waals surface area contributed by atoms with E-state index in [0.717, 1.165) is 25.0 Å². The van der Waals surface area contributed by atoms with Gasteiger partial charge < -0.3 is 10.1 Å². The molecule has 1 aliphatic rings. The Bertz CT molecular complexity index is 1740. The number of benzene rings is 2. The Hall–Kier alpha value is -4.23. The highest BCUT2D eigenvalue weighted by molar-refractivity contribution is 7.92. The molecule has 2 aromatic carbocycles. The minimum atomic E-state index is -4.68. The number of amides is 1. The number of hydrogen-bond donors (Lipinski definition) is 2. The fourth-order valence-corrected chi connectivity index (χ4v) is 5.67. The lowest BCUT2D eigenvalue weighted by Crippen LogP contribution is -2.19.